The van der Waals surface area contributed by atoms with E-state index in [2.05, 4.69) is 9.97 Å². The Balaban J connectivity index is 2.61. The van der Waals surface area contributed by atoms with Crippen molar-refractivity contribution in [2.24, 2.45) is 7.05 Å². The van der Waals surface area contributed by atoms with Crippen molar-refractivity contribution in [3.63, 3.8) is 0 Å². The maximum absolute atomic E-state index is 12.1. The second-order valence-electron chi connectivity index (χ2n) is 3.62. The van der Waals surface area contributed by atoms with E-state index < -0.39 is 0 Å². The monoisotopic (exact) mass is 263 g/mol. The molecule has 3 aromatic heterocycles. The minimum atomic E-state index is -0.0430. The zero-order chi connectivity index (χ0) is 12.0. The molecule has 0 amide bonds. The Morgan fingerprint density at radius 2 is 2.29 bits per heavy atom. The third kappa shape index (κ3) is 1.48. The van der Waals surface area contributed by atoms with Crippen LogP contribution in [-0.2, 0) is 7.05 Å². The zero-order valence-electron chi connectivity index (χ0n) is 9.30. The van der Waals surface area contributed by atoms with E-state index in [-0.39, 0.29) is 5.56 Å². The van der Waals surface area contributed by atoms with Crippen LogP contribution in [0.25, 0.3) is 21.1 Å². The smallest absolute Gasteiger partial charge is 0.261 e. The number of aryl methyl sites for hydroxylation is 1. The molecule has 4 nitrogen and oxygen atoms in total. The molecule has 0 radical (unpaired) electrons. The van der Waals surface area contributed by atoms with Gasteiger partial charge in [-0.3, -0.25) is 4.79 Å². The number of fused-ring (bicyclic) bond motifs is 3. The summed E-state index contributed by atoms with van der Waals surface area (Å²) < 4.78 is 2.69. The normalized spacial score (nSPS) is 11.4. The van der Waals surface area contributed by atoms with Gasteiger partial charge in [0.25, 0.3) is 5.56 Å². The number of hydrogen-bond acceptors (Lipinski definition) is 5. The van der Waals surface area contributed by atoms with Crippen molar-refractivity contribution in [2.45, 2.75) is 5.16 Å². The molecule has 0 atom stereocenters. The summed E-state index contributed by atoms with van der Waals surface area (Å²) in [6.45, 7) is 0. The largest absolute Gasteiger partial charge is 0.310 e. The SMILES string of the molecule is CSc1ncc2c(=O)n(C)c3ccsc3c2n1. The van der Waals surface area contributed by atoms with Crippen molar-refractivity contribution in [3.8, 4) is 0 Å². The number of aromatic nitrogens is 3. The fraction of sp³-hybridized carbons (Fsp3) is 0.182. The molecule has 3 rings (SSSR count). The Hall–Kier alpha value is -1.40. The molecule has 0 aliphatic carbocycles. The van der Waals surface area contributed by atoms with Crippen molar-refractivity contribution in [3.05, 3.63) is 28.0 Å². The van der Waals surface area contributed by atoms with Crippen molar-refractivity contribution < 1.29 is 0 Å². The summed E-state index contributed by atoms with van der Waals surface area (Å²) in [5, 5.41) is 3.26. The van der Waals surface area contributed by atoms with Gasteiger partial charge in [-0.15, -0.1) is 11.3 Å². The quantitative estimate of drug-likeness (QED) is 0.499. The standard InChI is InChI=1S/C11H9N3OS2/c1-14-7-3-4-17-9(7)8-6(10(14)15)5-12-11(13-8)16-2/h3-5H,1-2H3. The fourth-order valence-corrected chi connectivity index (χ4v) is 3.09. The number of pyridine rings is 1. The van der Waals surface area contributed by atoms with Crippen LogP contribution >= 0.6 is 23.1 Å². The molecule has 0 bridgehead atoms. The van der Waals surface area contributed by atoms with Crippen molar-refractivity contribution in [1.82, 2.24) is 14.5 Å². The van der Waals surface area contributed by atoms with Crippen LogP contribution in [0.5, 0.6) is 0 Å². The molecule has 3 aromatic rings. The van der Waals surface area contributed by atoms with Gasteiger partial charge in [0, 0.05) is 13.2 Å². The summed E-state index contributed by atoms with van der Waals surface area (Å²) in [4.78, 5) is 20.7. The van der Waals surface area contributed by atoms with Crippen LogP contribution in [0.2, 0.25) is 0 Å². The second kappa shape index (κ2) is 3.82. The van der Waals surface area contributed by atoms with Crippen LogP contribution in [0.1, 0.15) is 0 Å². The van der Waals surface area contributed by atoms with Crippen LogP contribution in [0.4, 0.5) is 0 Å². The van der Waals surface area contributed by atoms with Crippen LogP contribution in [0.15, 0.2) is 27.6 Å². The summed E-state index contributed by atoms with van der Waals surface area (Å²) in [5.41, 5.74) is 1.65. The van der Waals surface area contributed by atoms with Gasteiger partial charge in [0.1, 0.15) is 0 Å². The molecule has 0 saturated heterocycles. The highest BCUT2D eigenvalue weighted by Crippen LogP contribution is 2.26. The highest BCUT2D eigenvalue weighted by Gasteiger charge is 2.11. The maximum Gasteiger partial charge on any atom is 0.261 e. The predicted molar refractivity (Wildman–Crippen MR) is 71.9 cm³/mol. The average Bonchev–Trinajstić information content (AvgIpc) is 2.84. The number of rotatable bonds is 1. The molecular weight excluding hydrogens is 254 g/mol. The summed E-state index contributed by atoms with van der Waals surface area (Å²) in [6.07, 6.45) is 3.55. The Morgan fingerprint density at radius 1 is 1.47 bits per heavy atom. The first-order valence-electron chi connectivity index (χ1n) is 4.99. The van der Waals surface area contributed by atoms with Gasteiger partial charge < -0.3 is 4.57 Å². The first-order chi connectivity index (χ1) is 8.22. The molecule has 17 heavy (non-hydrogen) atoms. The lowest BCUT2D eigenvalue weighted by Gasteiger charge is -2.04. The van der Waals surface area contributed by atoms with Gasteiger partial charge in [-0.1, -0.05) is 11.8 Å². The Kier molecular flexibility index (Phi) is 2.41. The zero-order valence-corrected chi connectivity index (χ0v) is 10.9. The second-order valence-corrected chi connectivity index (χ2v) is 5.31. The van der Waals surface area contributed by atoms with Crippen molar-refractivity contribution >= 4 is 44.2 Å². The minimum absolute atomic E-state index is 0.0430. The van der Waals surface area contributed by atoms with Gasteiger partial charge in [-0.2, -0.15) is 0 Å². The third-order valence-corrected chi connectivity index (χ3v) is 4.18. The van der Waals surface area contributed by atoms with Gasteiger partial charge >= 0.3 is 0 Å². The summed E-state index contributed by atoms with van der Waals surface area (Å²) in [7, 11) is 1.78. The van der Waals surface area contributed by atoms with Gasteiger partial charge in [-0.25, -0.2) is 9.97 Å². The number of thiophene rings is 1. The molecule has 6 heteroatoms. The molecule has 0 fully saturated rings. The molecule has 3 heterocycles. The predicted octanol–water partition coefficient (Wildman–Crippen LogP) is 2.27. The molecule has 0 saturated carbocycles. The maximum atomic E-state index is 12.1. The highest BCUT2D eigenvalue weighted by atomic mass is 32.2. The van der Waals surface area contributed by atoms with E-state index in [1.165, 1.54) is 11.8 Å². The number of thioether (sulfide) groups is 1. The Bertz CT molecular complexity index is 775. The van der Waals surface area contributed by atoms with Crippen molar-refractivity contribution in [1.29, 1.82) is 0 Å². The lowest BCUT2D eigenvalue weighted by molar-refractivity contribution is 0.912. The lowest BCUT2D eigenvalue weighted by atomic mass is 10.3. The summed E-state index contributed by atoms with van der Waals surface area (Å²) in [6, 6.07) is 1.95. The first-order valence-corrected chi connectivity index (χ1v) is 7.09. The lowest BCUT2D eigenvalue weighted by Crippen LogP contribution is -2.17. The van der Waals surface area contributed by atoms with Gasteiger partial charge in [-0.05, 0) is 17.7 Å². The molecule has 0 aliphatic rings. The molecule has 86 valence electrons. The van der Waals surface area contributed by atoms with E-state index in [0.717, 1.165) is 15.7 Å². The summed E-state index contributed by atoms with van der Waals surface area (Å²) >= 11 is 3.08. The van der Waals surface area contributed by atoms with Crippen LogP contribution in [0.3, 0.4) is 0 Å². The average molecular weight is 263 g/mol. The third-order valence-electron chi connectivity index (χ3n) is 2.71. The first kappa shape index (κ1) is 10.7. The van der Waals surface area contributed by atoms with E-state index >= 15 is 0 Å². The Labute approximate surface area is 105 Å². The van der Waals surface area contributed by atoms with Gasteiger partial charge in [0.05, 0.1) is 21.1 Å². The fourth-order valence-electron chi connectivity index (χ4n) is 1.83. The minimum Gasteiger partial charge on any atom is -0.310 e. The van der Waals surface area contributed by atoms with E-state index in [4.69, 9.17) is 0 Å². The van der Waals surface area contributed by atoms with E-state index in [0.29, 0.717) is 10.5 Å². The molecule has 0 N–H and O–H groups in total. The molecule has 0 spiro atoms. The summed E-state index contributed by atoms with van der Waals surface area (Å²) in [5.74, 6) is 0. The number of nitrogens with zero attached hydrogens (tertiary/aromatic N) is 3. The van der Waals surface area contributed by atoms with Gasteiger partial charge in [0.15, 0.2) is 5.16 Å². The molecule has 0 aromatic carbocycles. The molecular formula is C11H9N3OS2. The Morgan fingerprint density at radius 3 is 3.06 bits per heavy atom. The van der Waals surface area contributed by atoms with Crippen LogP contribution < -0.4 is 5.56 Å². The van der Waals surface area contributed by atoms with Crippen LogP contribution in [-0.4, -0.2) is 20.8 Å². The molecule has 0 aliphatic heterocycles. The van der Waals surface area contributed by atoms with Gasteiger partial charge in [0.2, 0.25) is 0 Å². The number of hydrogen-bond donors (Lipinski definition) is 0. The topological polar surface area (TPSA) is 47.8 Å². The highest BCUT2D eigenvalue weighted by molar-refractivity contribution is 7.98. The van der Waals surface area contributed by atoms with E-state index in [1.807, 2.05) is 17.7 Å². The van der Waals surface area contributed by atoms with E-state index in [9.17, 15) is 4.79 Å². The van der Waals surface area contributed by atoms with Crippen LogP contribution in [0, 0.1) is 0 Å². The molecule has 0 unspecified atom stereocenters. The van der Waals surface area contributed by atoms with Crippen molar-refractivity contribution in [2.75, 3.05) is 6.26 Å². The van der Waals surface area contributed by atoms with E-state index in [1.54, 1.807) is 29.1 Å².